The van der Waals surface area contributed by atoms with Gasteiger partial charge in [0.2, 0.25) is 70.9 Å². The Bertz CT molecular complexity index is 2810. The standard InChI is InChI=1S/C54H105N31O12/c1-25(55)38(87)75-28(4)41(90)82-35(17-11-23-73-53(65)66)47(96)84-32(14-8-20-70-50(59)60)44(93)79-27(3)40(89)77-30(6)43(92)83-36(18-12-24-74-54(67)68)48(97)85-33(15-9-21-71-51(61)62)45(94)78-26(2)39(88)76-29(5)42(91)81-34(16-10-22-72-52(63)64)46(95)80-31(37(56)86)13-7-19-69-49(57)58/h25-36H,7-24,55H2,1-6H3,(H2,56,86)(H,75,87)(H,76,88)(H,77,89)(H,78,94)(H,79,93)(H,80,95)(H,81,91)(H,82,90)(H,83,92)(H,84,96)(H,85,97)(H4,57,58,69)(H4,59,60,70)(H4,61,62,71)(H4,63,64,72)(H4,65,66,73)(H4,67,68,74)/t25-,26-,27-,28-,29-,30-,31-,32-,33-,34-,35-,36-/m0/s1. The number of rotatable bonds is 47. The largest absolute Gasteiger partial charge is 0.370 e. The van der Waals surface area contributed by atoms with Crippen LogP contribution in [-0.4, -0.2) is 218 Å². The molecule has 12 amide bonds. The molecule has 39 N–H and O–H groups in total. The van der Waals surface area contributed by atoms with Crippen molar-refractivity contribution < 1.29 is 57.5 Å². The molecule has 0 bridgehead atoms. The Labute approximate surface area is 561 Å². The zero-order chi connectivity index (χ0) is 74.1. The highest BCUT2D eigenvalue weighted by Gasteiger charge is 2.34. The van der Waals surface area contributed by atoms with Gasteiger partial charge in [-0.1, -0.05) is 0 Å². The molecule has 0 aromatic carbocycles. The van der Waals surface area contributed by atoms with Gasteiger partial charge in [-0.3, -0.25) is 87.5 Å². The second-order valence-corrected chi connectivity index (χ2v) is 22.4. The van der Waals surface area contributed by atoms with Crippen LogP contribution in [0.2, 0.25) is 0 Å². The molecule has 0 aromatic heterocycles. The second-order valence-electron chi connectivity index (χ2n) is 22.4. The van der Waals surface area contributed by atoms with E-state index in [1.165, 1.54) is 41.5 Å². The highest BCUT2D eigenvalue weighted by Crippen LogP contribution is 2.09. The van der Waals surface area contributed by atoms with Gasteiger partial charge in [0.25, 0.3) is 0 Å². The highest BCUT2D eigenvalue weighted by molar-refractivity contribution is 5.99. The van der Waals surface area contributed by atoms with Gasteiger partial charge in [0.1, 0.15) is 66.5 Å². The predicted molar refractivity (Wildman–Crippen MR) is 362 cm³/mol. The molecular weight excluding hydrogens is 1270 g/mol. The average molecular weight is 1380 g/mol. The first-order chi connectivity index (χ1) is 45.4. The predicted octanol–water partition coefficient (Wildman–Crippen LogP) is -12.4. The fourth-order valence-corrected chi connectivity index (χ4v) is 8.34. The first kappa shape index (κ1) is 86.2. The summed E-state index contributed by atoms with van der Waals surface area (Å²) in [5.41, 5.74) is 76.6. The summed E-state index contributed by atoms with van der Waals surface area (Å²) in [4.78, 5) is 185. The van der Waals surface area contributed by atoms with Crippen LogP contribution >= 0.6 is 0 Å². The van der Waals surface area contributed by atoms with E-state index in [-0.39, 0.29) is 152 Å². The molecule has 43 heteroatoms. The third kappa shape index (κ3) is 38.9. The van der Waals surface area contributed by atoms with Crippen molar-refractivity contribution in [3.8, 4) is 0 Å². The van der Waals surface area contributed by atoms with E-state index in [9.17, 15) is 57.5 Å². The van der Waals surface area contributed by atoms with Crippen LogP contribution in [0, 0.1) is 0 Å². The van der Waals surface area contributed by atoms with E-state index in [0.717, 1.165) is 0 Å². The number of guanidine groups is 6. The number of nitrogens with two attached hydrogens (primary N) is 14. The Morgan fingerprint density at radius 3 is 0.588 bits per heavy atom. The van der Waals surface area contributed by atoms with Gasteiger partial charge in [-0.15, -0.1) is 0 Å². The van der Waals surface area contributed by atoms with Crippen molar-refractivity contribution in [1.29, 1.82) is 0 Å². The second kappa shape index (κ2) is 46.3. The molecule has 0 aliphatic rings. The molecule has 0 spiro atoms. The molecular formula is C54H105N31O12. The van der Waals surface area contributed by atoms with Crippen LogP contribution in [0.3, 0.4) is 0 Å². The molecule has 0 unspecified atom stereocenters. The highest BCUT2D eigenvalue weighted by atomic mass is 16.2. The number of carbonyl (C=O) groups excluding carboxylic acids is 12. The van der Waals surface area contributed by atoms with E-state index in [1.807, 2.05) is 0 Å². The van der Waals surface area contributed by atoms with E-state index in [1.54, 1.807) is 0 Å². The normalized spacial score (nSPS) is 14.4. The molecule has 0 radical (unpaired) electrons. The minimum Gasteiger partial charge on any atom is -0.370 e. The number of nitrogens with zero attached hydrogens (tertiary/aromatic N) is 6. The van der Waals surface area contributed by atoms with Gasteiger partial charge in [-0.05, 0) is 119 Å². The lowest BCUT2D eigenvalue weighted by molar-refractivity contribution is -0.136. The lowest BCUT2D eigenvalue weighted by Gasteiger charge is -2.26. The number of amides is 12. The number of aliphatic imine (C=N–C) groups is 6. The maximum atomic E-state index is 14.2. The molecule has 548 valence electrons. The lowest BCUT2D eigenvalue weighted by atomic mass is 10.1. The van der Waals surface area contributed by atoms with Crippen LogP contribution in [0.5, 0.6) is 0 Å². The van der Waals surface area contributed by atoms with Crippen molar-refractivity contribution in [1.82, 2.24) is 58.5 Å². The molecule has 0 aromatic rings. The zero-order valence-corrected chi connectivity index (χ0v) is 55.8. The minimum atomic E-state index is -1.46. The lowest BCUT2D eigenvalue weighted by Crippen LogP contribution is -2.60. The fraction of sp³-hybridized carbons (Fsp3) is 0.667. The van der Waals surface area contributed by atoms with Crippen molar-refractivity contribution in [2.75, 3.05) is 39.3 Å². The van der Waals surface area contributed by atoms with Crippen LogP contribution in [0.15, 0.2) is 30.0 Å². The smallest absolute Gasteiger partial charge is 0.243 e. The summed E-state index contributed by atoms with van der Waals surface area (Å²) in [6.45, 7) is 8.05. The number of hydrogen-bond donors (Lipinski definition) is 25. The van der Waals surface area contributed by atoms with Gasteiger partial charge in [-0.2, -0.15) is 0 Å². The molecule has 12 atom stereocenters. The van der Waals surface area contributed by atoms with Crippen molar-refractivity contribution in [3.63, 3.8) is 0 Å². The zero-order valence-electron chi connectivity index (χ0n) is 55.8. The van der Waals surface area contributed by atoms with Crippen molar-refractivity contribution >= 4 is 107 Å². The third-order valence-corrected chi connectivity index (χ3v) is 13.7. The summed E-state index contributed by atoms with van der Waals surface area (Å²) >= 11 is 0. The molecule has 0 saturated carbocycles. The first-order valence-electron chi connectivity index (χ1n) is 31.1. The number of carbonyl (C=O) groups is 12. The fourth-order valence-electron chi connectivity index (χ4n) is 8.34. The molecule has 0 fully saturated rings. The summed E-state index contributed by atoms with van der Waals surface area (Å²) in [6, 6.07) is -15.8. The van der Waals surface area contributed by atoms with E-state index in [0.29, 0.717) is 0 Å². The Morgan fingerprint density at radius 1 is 0.237 bits per heavy atom. The van der Waals surface area contributed by atoms with Crippen molar-refractivity contribution in [2.45, 2.75) is 191 Å². The molecule has 97 heavy (non-hydrogen) atoms. The maximum Gasteiger partial charge on any atom is 0.243 e. The molecule has 0 aliphatic heterocycles. The topological polar surface area (TPSA) is 776 Å². The molecule has 0 saturated heterocycles. The van der Waals surface area contributed by atoms with E-state index in [2.05, 4.69) is 88.4 Å². The average Bonchev–Trinajstić information content (AvgIpc) is 1.05. The maximum absolute atomic E-state index is 14.2. The van der Waals surface area contributed by atoms with Gasteiger partial charge < -0.3 is 139 Å². The van der Waals surface area contributed by atoms with Crippen LogP contribution in [0.4, 0.5) is 0 Å². The summed E-state index contributed by atoms with van der Waals surface area (Å²) in [5, 5.41) is 27.6. The SMILES string of the molecule is C[C@H](N)C(=O)N[C@@H](C)C(=O)N[C@@H](CCCN=C(N)N)C(=O)N[C@@H](CCCN=C(N)N)C(=O)N[C@@H](C)C(=O)N[C@@H](C)C(=O)N[C@@H](CCCN=C(N)N)C(=O)N[C@@H](CCCN=C(N)N)C(=O)N[C@@H](C)C(=O)N[C@@H](C)C(=O)N[C@@H](CCCN=C(N)N)C(=O)N[C@@H](CCCN=C(N)N)C(N)=O. The van der Waals surface area contributed by atoms with Gasteiger partial charge >= 0.3 is 0 Å². The summed E-state index contributed by atoms with van der Waals surface area (Å²) < 4.78 is 0. The summed E-state index contributed by atoms with van der Waals surface area (Å²) in [5.74, 6) is -11.8. The number of primary amides is 1. The first-order valence-corrected chi connectivity index (χ1v) is 31.1. The Kier molecular flexibility index (Phi) is 41.2. The van der Waals surface area contributed by atoms with Crippen LogP contribution in [-0.2, 0) is 57.5 Å². The van der Waals surface area contributed by atoms with E-state index < -0.39 is 143 Å². The van der Waals surface area contributed by atoms with Crippen LogP contribution < -0.4 is 139 Å². The molecule has 0 rings (SSSR count). The van der Waals surface area contributed by atoms with Crippen molar-refractivity contribution in [3.05, 3.63) is 0 Å². The van der Waals surface area contributed by atoms with Crippen LogP contribution in [0.25, 0.3) is 0 Å². The van der Waals surface area contributed by atoms with Gasteiger partial charge in [0.05, 0.1) is 6.04 Å². The monoisotopic (exact) mass is 1380 g/mol. The summed E-state index contributed by atoms with van der Waals surface area (Å²) in [7, 11) is 0. The molecule has 0 heterocycles. The van der Waals surface area contributed by atoms with Gasteiger partial charge in [0, 0.05) is 39.3 Å². The Balaban J connectivity index is 6.64. The summed E-state index contributed by atoms with van der Waals surface area (Å²) in [6.07, 6.45) is 0.359. The van der Waals surface area contributed by atoms with E-state index >= 15 is 0 Å². The van der Waals surface area contributed by atoms with Gasteiger partial charge in [0.15, 0.2) is 35.8 Å². The van der Waals surface area contributed by atoms with Crippen LogP contribution in [0.1, 0.15) is 119 Å². The van der Waals surface area contributed by atoms with E-state index in [4.69, 9.17) is 80.3 Å². The molecule has 0 aliphatic carbocycles. The Hall–Kier alpha value is -10.8. The minimum absolute atomic E-state index is 0.0111. The Morgan fingerprint density at radius 2 is 0.392 bits per heavy atom. The van der Waals surface area contributed by atoms with Crippen molar-refractivity contribution in [2.24, 2.45) is 110 Å². The number of nitrogens with one attached hydrogen (secondary N) is 11. The number of hydrogen-bond acceptors (Lipinski definition) is 19. The van der Waals surface area contributed by atoms with Gasteiger partial charge in [-0.25, -0.2) is 0 Å². The third-order valence-electron chi connectivity index (χ3n) is 13.7. The molecule has 43 nitrogen and oxygen atoms in total. The quantitative estimate of drug-likeness (QED) is 0.0153.